The molecule has 2 atom stereocenters. The van der Waals surface area contributed by atoms with Gasteiger partial charge in [-0.2, -0.15) is 0 Å². The summed E-state index contributed by atoms with van der Waals surface area (Å²) in [7, 11) is 1.75. The first-order chi connectivity index (χ1) is 9.02. The van der Waals surface area contributed by atoms with Crippen LogP contribution in [0.1, 0.15) is 25.5 Å². The summed E-state index contributed by atoms with van der Waals surface area (Å²) in [5.41, 5.74) is 0.567. The van der Waals surface area contributed by atoms with E-state index >= 15 is 0 Å². The third-order valence-corrected chi connectivity index (χ3v) is 4.19. The Balaban J connectivity index is 0.00000200. The normalized spacial score (nSPS) is 17.6. The molecule has 2 rings (SSSR count). The molecule has 1 fully saturated rings. The molecular formula is C15H22ClFN2O. The van der Waals surface area contributed by atoms with Gasteiger partial charge in [-0.1, -0.05) is 25.1 Å². The molecular weight excluding hydrogens is 279 g/mol. The van der Waals surface area contributed by atoms with Gasteiger partial charge in [-0.15, -0.1) is 12.4 Å². The van der Waals surface area contributed by atoms with E-state index in [0.717, 1.165) is 13.1 Å². The second-order valence-corrected chi connectivity index (χ2v) is 5.35. The highest BCUT2D eigenvalue weighted by Crippen LogP contribution is 2.25. The molecule has 1 aliphatic heterocycles. The first-order valence-electron chi connectivity index (χ1n) is 6.74. The van der Waals surface area contributed by atoms with Crippen LogP contribution in [0.4, 0.5) is 4.39 Å². The maximum Gasteiger partial charge on any atom is 0.226 e. The Morgan fingerprint density at radius 1 is 1.35 bits per heavy atom. The lowest BCUT2D eigenvalue weighted by Crippen LogP contribution is -2.50. The Morgan fingerprint density at radius 2 is 1.95 bits per heavy atom. The molecule has 0 aliphatic carbocycles. The first-order valence-corrected chi connectivity index (χ1v) is 6.74. The van der Waals surface area contributed by atoms with Gasteiger partial charge in [0.25, 0.3) is 0 Å². The fourth-order valence-electron chi connectivity index (χ4n) is 2.40. The Labute approximate surface area is 125 Å². The lowest BCUT2D eigenvalue weighted by molar-refractivity contribution is -0.138. The van der Waals surface area contributed by atoms with E-state index in [4.69, 9.17) is 0 Å². The van der Waals surface area contributed by atoms with Gasteiger partial charge in [-0.25, -0.2) is 4.39 Å². The molecule has 20 heavy (non-hydrogen) atoms. The SMILES string of the molecule is CC(C(=O)N(C)C(C)c1ccccc1F)C1CNC1.Cl. The molecule has 2 unspecified atom stereocenters. The highest BCUT2D eigenvalue weighted by Gasteiger charge is 2.32. The van der Waals surface area contributed by atoms with Crippen molar-refractivity contribution in [2.24, 2.45) is 11.8 Å². The average molecular weight is 301 g/mol. The van der Waals surface area contributed by atoms with Crippen LogP contribution in [0.3, 0.4) is 0 Å². The van der Waals surface area contributed by atoms with Crippen molar-refractivity contribution in [1.29, 1.82) is 0 Å². The standard InChI is InChI=1S/C15H21FN2O.ClH/c1-10(12-8-17-9-12)15(19)18(3)11(2)13-6-4-5-7-14(13)16;/h4-7,10-12,17H,8-9H2,1-3H3;1H. The molecule has 3 nitrogen and oxygen atoms in total. The quantitative estimate of drug-likeness (QED) is 0.927. The number of nitrogens with one attached hydrogen (secondary N) is 1. The molecule has 0 bridgehead atoms. The molecule has 1 N–H and O–H groups in total. The highest BCUT2D eigenvalue weighted by molar-refractivity contribution is 5.85. The van der Waals surface area contributed by atoms with E-state index < -0.39 is 0 Å². The molecule has 1 aromatic rings. The van der Waals surface area contributed by atoms with E-state index in [1.165, 1.54) is 6.07 Å². The van der Waals surface area contributed by atoms with Crippen molar-refractivity contribution < 1.29 is 9.18 Å². The van der Waals surface area contributed by atoms with Crippen molar-refractivity contribution in [3.05, 3.63) is 35.6 Å². The third kappa shape index (κ3) is 3.30. The van der Waals surface area contributed by atoms with Crippen LogP contribution in [0.2, 0.25) is 0 Å². The maximum absolute atomic E-state index is 13.8. The molecule has 1 heterocycles. The van der Waals surface area contributed by atoms with Gasteiger partial charge < -0.3 is 10.2 Å². The van der Waals surface area contributed by atoms with E-state index in [2.05, 4.69) is 5.32 Å². The molecule has 0 aromatic heterocycles. The van der Waals surface area contributed by atoms with Crippen molar-refractivity contribution in [2.45, 2.75) is 19.9 Å². The summed E-state index contributed by atoms with van der Waals surface area (Å²) in [6, 6.07) is 6.38. The minimum atomic E-state index is -0.257. The van der Waals surface area contributed by atoms with Crippen molar-refractivity contribution >= 4 is 18.3 Å². The zero-order valence-corrected chi connectivity index (χ0v) is 12.9. The van der Waals surface area contributed by atoms with Crippen LogP contribution >= 0.6 is 12.4 Å². The average Bonchev–Trinajstić information content (AvgIpc) is 2.34. The largest absolute Gasteiger partial charge is 0.339 e. The minimum Gasteiger partial charge on any atom is -0.339 e. The van der Waals surface area contributed by atoms with Gasteiger partial charge in [0.2, 0.25) is 5.91 Å². The number of benzene rings is 1. The summed E-state index contributed by atoms with van der Waals surface area (Å²) in [5.74, 6) is 0.220. The van der Waals surface area contributed by atoms with Gasteiger partial charge in [0.15, 0.2) is 0 Å². The van der Waals surface area contributed by atoms with E-state index in [-0.39, 0.29) is 36.1 Å². The summed E-state index contributed by atoms with van der Waals surface area (Å²) in [6.07, 6.45) is 0. The Morgan fingerprint density at radius 3 is 2.45 bits per heavy atom. The topological polar surface area (TPSA) is 32.3 Å². The number of amides is 1. The summed E-state index contributed by atoms with van der Waals surface area (Å²) >= 11 is 0. The molecule has 1 amide bonds. The lowest BCUT2D eigenvalue weighted by Gasteiger charge is -2.35. The van der Waals surface area contributed by atoms with Crippen LogP contribution in [0.5, 0.6) is 0 Å². The molecule has 112 valence electrons. The Bertz CT molecular complexity index is 465. The fraction of sp³-hybridized carbons (Fsp3) is 0.533. The van der Waals surface area contributed by atoms with E-state index in [0.29, 0.717) is 11.5 Å². The van der Waals surface area contributed by atoms with Crippen molar-refractivity contribution in [3.63, 3.8) is 0 Å². The van der Waals surface area contributed by atoms with Gasteiger partial charge >= 0.3 is 0 Å². The third-order valence-electron chi connectivity index (χ3n) is 4.19. The van der Waals surface area contributed by atoms with Gasteiger partial charge in [0, 0.05) is 18.5 Å². The van der Waals surface area contributed by atoms with Gasteiger partial charge in [0.05, 0.1) is 6.04 Å². The smallest absolute Gasteiger partial charge is 0.226 e. The van der Waals surface area contributed by atoms with Gasteiger partial charge in [-0.3, -0.25) is 4.79 Å². The van der Waals surface area contributed by atoms with Gasteiger partial charge in [-0.05, 0) is 32.0 Å². The fourth-order valence-corrected chi connectivity index (χ4v) is 2.40. The van der Waals surface area contributed by atoms with Crippen LogP contribution < -0.4 is 5.32 Å². The van der Waals surface area contributed by atoms with E-state index in [1.807, 2.05) is 13.8 Å². The zero-order chi connectivity index (χ0) is 14.0. The second kappa shape index (κ2) is 7.04. The summed E-state index contributed by atoms with van der Waals surface area (Å²) in [5, 5.41) is 3.18. The predicted molar refractivity (Wildman–Crippen MR) is 80.4 cm³/mol. The highest BCUT2D eigenvalue weighted by atomic mass is 35.5. The molecule has 0 spiro atoms. The molecule has 1 aromatic carbocycles. The molecule has 1 aliphatic rings. The Kier molecular flexibility index (Phi) is 5.96. The lowest BCUT2D eigenvalue weighted by atomic mass is 9.87. The predicted octanol–water partition coefficient (Wildman–Crippen LogP) is 2.62. The second-order valence-electron chi connectivity index (χ2n) is 5.35. The number of rotatable bonds is 4. The zero-order valence-electron chi connectivity index (χ0n) is 12.1. The van der Waals surface area contributed by atoms with E-state index in [1.54, 1.807) is 30.1 Å². The van der Waals surface area contributed by atoms with E-state index in [9.17, 15) is 9.18 Å². The van der Waals surface area contributed by atoms with Crippen LogP contribution in [-0.2, 0) is 4.79 Å². The van der Waals surface area contributed by atoms with Crippen molar-refractivity contribution in [1.82, 2.24) is 10.2 Å². The van der Waals surface area contributed by atoms with Crippen LogP contribution in [0.15, 0.2) is 24.3 Å². The van der Waals surface area contributed by atoms with Gasteiger partial charge in [0.1, 0.15) is 5.82 Å². The van der Waals surface area contributed by atoms with Crippen LogP contribution in [0, 0.1) is 17.7 Å². The number of halogens is 2. The molecule has 1 saturated heterocycles. The number of hydrogen-bond acceptors (Lipinski definition) is 2. The summed E-state index contributed by atoms with van der Waals surface area (Å²) < 4.78 is 13.8. The number of carbonyl (C=O) groups is 1. The van der Waals surface area contributed by atoms with Crippen LogP contribution in [-0.4, -0.2) is 30.9 Å². The Hall–Kier alpha value is -1.13. The van der Waals surface area contributed by atoms with Crippen molar-refractivity contribution in [2.75, 3.05) is 20.1 Å². The number of hydrogen-bond donors (Lipinski definition) is 1. The number of carbonyl (C=O) groups excluding carboxylic acids is 1. The molecule has 0 radical (unpaired) electrons. The monoisotopic (exact) mass is 300 g/mol. The summed E-state index contributed by atoms with van der Waals surface area (Å²) in [4.78, 5) is 14.0. The first kappa shape index (κ1) is 16.9. The molecule has 0 saturated carbocycles. The minimum absolute atomic E-state index is 0. The summed E-state index contributed by atoms with van der Waals surface area (Å²) in [6.45, 7) is 5.62. The number of nitrogens with zero attached hydrogens (tertiary/aromatic N) is 1. The van der Waals surface area contributed by atoms with Crippen molar-refractivity contribution in [3.8, 4) is 0 Å². The maximum atomic E-state index is 13.8. The molecule has 5 heteroatoms. The van der Waals surface area contributed by atoms with Crippen LogP contribution in [0.25, 0.3) is 0 Å².